The van der Waals surface area contributed by atoms with E-state index in [0.29, 0.717) is 12.3 Å². The van der Waals surface area contributed by atoms with E-state index in [1.807, 2.05) is 25.2 Å². The Bertz CT molecular complexity index is 805. The Morgan fingerprint density at radius 2 is 2.30 bits per heavy atom. The number of aryl methyl sites for hydroxylation is 1. The van der Waals surface area contributed by atoms with Crippen molar-refractivity contribution in [2.24, 2.45) is 7.05 Å². The van der Waals surface area contributed by atoms with Crippen LogP contribution in [0.5, 0.6) is 0 Å². The molecule has 0 saturated carbocycles. The van der Waals surface area contributed by atoms with Gasteiger partial charge in [0, 0.05) is 31.1 Å². The molecule has 3 aromatic heterocycles. The number of nitrogens with one attached hydrogen (secondary N) is 1. The van der Waals surface area contributed by atoms with Crippen molar-refractivity contribution in [3.05, 3.63) is 66.5 Å². The second kappa shape index (κ2) is 6.74. The molecule has 1 N–H and O–H groups in total. The highest BCUT2D eigenvalue weighted by atomic mass is 16.3. The van der Waals surface area contributed by atoms with Crippen molar-refractivity contribution in [1.29, 1.82) is 0 Å². The number of amides is 1. The van der Waals surface area contributed by atoms with E-state index < -0.39 is 0 Å². The van der Waals surface area contributed by atoms with Gasteiger partial charge in [0.15, 0.2) is 0 Å². The summed E-state index contributed by atoms with van der Waals surface area (Å²) in [5.74, 6) is 0.449. The lowest BCUT2D eigenvalue weighted by Crippen LogP contribution is -2.21. The molecule has 0 unspecified atom stereocenters. The van der Waals surface area contributed by atoms with Gasteiger partial charge in [-0.25, -0.2) is 0 Å². The van der Waals surface area contributed by atoms with Gasteiger partial charge in [-0.15, -0.1) is 0 Å². The fourth-order valence-electron chi connectivity index (χ4n) is 2.11. The standard InChI is InChI=1S/C17H16N4O2/c1-21-14(10-16(20-21)13-4-2-8-18-11-13)12-19-17(22)7-6-15-5-3-9-23-15/h2-11H,12H2,1H3,(H,19,22). The summed E-state index contributed by atoms with van der Waals surface area (Å²) in [4.78, 5) is 15.9. The molecule has 0 radical (unpaired) electrons. The van der Waals surface area contributed by atoms with Crippen LogP contribution in [0, 0.1) is 0 Å². The third-order valence-electron chi connectivity index (χ3n) is 3.32. The van der Waals surface area contributed by atoms with Crippen molar-refractivity contribution in [2.75, 3.05) is 0 Å². The van der Waals surface area contributed by atoms with E-state index in [-0.39, 0.29) is 5.91 Å². The molecular formula is C17H16N4O2. The first-order valence-corrected chi connectivity index (χ1v) is 7.15. The molecule has 0 aliphatic carbocycles. The molecule has 6 nitrogen and oxygen atoms in total. The SMILES string of the molecule is Cn1nc(-c2cccnc2)cc1CNC(=O)C=Cc1ccco1. The topological polar surface area (TPSA) is 73.0 Å². The Balaban J connectivity index is 1.62. The first-order chi connectivity index (χ1) is 11.2. The Hall–Kier alpha value is -3.15. The first-order valence-electron chi connectivity index (χ1n) is 7.15. The Labute approximate surface area is 133 Å². The van der Waals surface area contributed by atoms with E-state index >= 15 is 0 Å². The number of hydrogen-bond acceptors (Lipinski definition) is 4. The summed E-state index contributed by atoms with van der Waals surface area (Å²) in [5, 5.41) is 7.26. The zero-order valence-corrected chi connectivity index (χ0v) is 12.6. The molecule has 1 amide bonds. The van der Waals surface area contributed by atoms with Crippen LogP contribution >= 0.6 is 0 Å². The fraction of sp³-hybridized carbons (Fsp3) is 0.118. The van der Waals surface area contributed by atoms with Crippen molar-refractivity contribution < 1.29 is 9.21 Å². The lowest BCUT2D eigenvalue weighted by Gasteiger charge is -2.02. The summed E-state index contributed by atoms with van der Waals surface area (Å²) in [7, 11) is 1.85. The molecule has 0 aliphatic heterocycles. The van der Waals surface area contributed by atoms with Gasteiger partial charge in [-0.3, -0.25) is 14.5 Å². The largest absolute Gasteiger partial charge is 0.465 e. The van der Waals surface area contributed by atoms with E-state index in [4.69, 9.17) is 4.42 Å². The van der Waals surface area contributed by atoms with E-state index in [1.54, 1.807) is 41.5 Å². The lowest BCUT2D eigenvalue weighted by atomic mass is 10.2. The average Bonchev–Trinajstić information content (AvgIpc) is 3.21. The molecule has 0 fully saturated rings. The van der Waals surface area contributed by atoms with E-state index in [9.17, 15) is 4.79 Å². The van der Waals surface area contributed by atoms with Crippen molar-refractivity contribution in [1.82, 2.24) is 20.1 Å². The normalized spacial score (nSPS) is 11.0. The average molecular weight is 308 g/mol. The summed E-state index contributed by atoms with van der Waals surface area (Å²) >= 11 is 0. The highest BCUT2D eigenvalue weighted by Gasteiger charge is 2.08. The lowest BCUT2D eigenvalue weighted by molar-refractivity contribution is -0.116. The molecule has 3 heterocycles. The molecule has 0 aliphatic rings. The van der Waals surface area contributed by atoms with Gasteiger partial charge >= 0.3 is 0 Å². The fourth-order valence-corrected chi connectivity index (χ4v) is 2.11. The molecule has 0 atom stereocenters. The Morgan fingerprint density at radius 1 is 1.39 bits per heavy atom. The number of rotatable bonds is 5. The van der Waals surface area contributed by atoms with Crippen LogP contribution in [0.3, 0.4) is 0 Å². The second-order valence-electron chi connectivity index (χ2n) is 4.95. The molecule has 3 aromatic rings. The molecule has 23 heavy (non-hydrogen) atoms. The molecule has 0 aromatic carbocycles. The molecule has 116 valence electrons. The van der Waals surface area contributed by atoms with Crippen LogP contribution in [0.15, 0.2) is 59.5 Å². The van der Waals surface area contributed by atoms with Crippen molar-refractivity contribution in [3.63, 3.8) is 0 Å². The van der Waals surface area contributed by atoms with Crippen LogP contribution in [0.25, 0.3) is 17.3 Å². The van der Waals surface area contributed by atoms with Gasteiger partial charge < -0.3 is 9.73 Å². The highest BCUT2D eigenvalue weighted by molar-refractivity contribution is 5.91. The zero-order valence-electron chi connectivity index (χ0n) is 12.6. The van der Waals surface area contributed by atoms with Gasteiger partial charge in [0.25, 0.3) is 0 Å². The minimum Gasteiger partial charge on any atom is -0.465 e. The third kappa shape index (κ3) is 3.74. The molecule has 3 rings (SSSR count). The smallest absolute Gasteiger partial charge is 0.244 e. The van der Waals surface area contributed by atoms with Crippen molar-refractivity contribution in [3.8, 4) is 11.3 Å². The second-order valence-corrected chi connectivity index (χ2v) is 4.95. The zero-order chi connectivity index (χ0) is 16.1. The highest BCUT2D eigenvalue weighted by Crippen LogP contribution is 2.17. The van der Waals surface area contributed by atoms with E-state index in [2.05, 4.69) is 15.4 Å². The van der Waals surface area contributed by atoms with Gasteiger partial charge in [0.2, 0.25) is 5.91 Å². The van der Waals surface area contributed by atoms with E-state index in [0.717, 1.165) is 17.0 Å². The van der Waals surface area contributed by atoms with Crippen LogP contribution in [-0.4, -0.2) is 20.7 Å². The maximum atomic E-state index is 11.8. The summed E-state index contributed by atoms with van der Waals surface area (Å²) in [6, 6.07) is 9.31. The maximum Gasteiger partial charge on any atom is 0.244 e. The van der Waals surface area contributed by atoms with Crippen molar-refractivity contribution in [2.45, 2.75) is 6.54 Å². The van der Waals surface area contributed by atoms with Gasteiger partial charge in [0.05, 0.1) is 24.2 Å². The summed E-state index contributed by atoms with van der Waals surface area (Å²) in [6.07, 6.45) is 8.11. The summed E-state index contributed by atoms with van der Waals surface area (Å²) < 4.78 is 6.88. The summed E-state index contributed by atoms with van der Waals surface area (Å²) in [5.41, 5.74) is 2.68. The maximum absolute atomic E-state index is 11.8. The summed E-state index contributed by atoms with van der Waals surface area (Å²) in [6.45, 7) is 0.394. The molecule has 0 saturated heterocycles. The monoisotopic (exact) mass is 308 g/mol. The number of carbonyl (C=O) groups is 1. The predicted molar refractivity (Wildman–Crippen MR) is 86.0 cm³/mol. The number of carbonyl (C=O) groups excluding carboxylic acids is 1. The van der Waals surface area contributed by atoms with Gasteiger partial charge in [-0.2, -0.15) is 5.10 Å². The molecular weight excluding hydrogens is 292 g/mol. The molecule has 6 heteroatoms. The predicted octanol–water partition coefficient (Wildman–Crippen LogP) is 2.40. The third-order valence-corrected chi connectivity index (χ3v) is 3.32. The minimum atomic E-state index is -0.189. The van der Waals surface area contributed by atoms with Gasteiger partial charge in [-0.05, 0) is 36.4 Å². The number of aromatic nitrogens is 3. The van der Waals surface area contributed by atoms with Gasteiger partial charge in [-0.1, -0.05) is 0 Å². The molecule has 0 spiro atoms. The number of furan rings is 1. The number of nitrogens with zero attached hydrogens (tertiary/aromatic N) is 3. The van der Waals surface area contributed by atoms with Gasteiger partial charge in [0.1, 0.15) is 5.76 Å². The van der Waals surface area contributed by atoms with Crippen LogP contribution < -0.4 is 5.32 Å². The van der Waals surface area contributed by atoms with Crippen molar-refractivity contribution >= 4 is 12.0 Å². The molecule has 0 bridgehead atoms. The number of hydrogen-bond donors (Lipinski definition) is 1. The van der Waals surface area contributed by atoms with E-state index in [1.165, 1.54) is 6.08 Å². The van der Waals surface area contributed by atoms with Crippen LogP contribution in [0.4, 0.5) is 0 Å². The van der Waals surface area contributed by atoms with Crippen LogP contribution in [0.2, 0.25) is 0 Å². The Kier molecular flexibility index (Phi) is 4.33. The van der Waals surface area contributed by atoms with Crippen LogP contribution in [-0.2, 0) is 18.4 Å². The number of pyridine rings is 1. The minimum absolute atomic E-state index is 0.189. The van der Waals surface area contributed by atoms with Crippen LogP contribution in [0.1, 0.15) is 11.5 Å². The Morgan fingerprint density at radius 3 is 3.04 bits per heavy atom. The quantitative estimate of drug-likeness (QED) is 0.735. The first kappa shape index (κ1) is 14.8.